The maximum absolute atomic E-state index is 12.2. The van der Waals surface area contributed by atoms with Crippen molar-refractivity contribution < 1.29 is 22.7 Å². The number of Topliss-reactive ketones (excluding diaryl/α,β-unsaturated/α-hetero) is 1. The Hall–Kier alpha value is -2.49. The van der Waals surface area contributed by atoms with Gasteiger partial charge in [-0.3, -0.25) is 4.79 Å². The Morgan fingerprint density at radius 1 is 1.19 bits per heavy atom. The first-order valence-corrected chi connectivity index (χ1v) is 10.8. The van der Waals surface area contributed by atoms with Crippen molar-refractivity contribution in [1.82, 2.24) is 9.71 Å². The van der Waals surface area contributed by atoms with Gasteiger partial charge in [0.15, 0.2) is 6.61 Å². The molecule has 2 N–H and O–H groups in total. The van der Waals surface area contributed by atoms with Gasteiger partial charge in [-0.25, -0.2) is 17.9 Å². The van der Waals surface area contributed by atoms with Gasteiger partial charge in [0.05, 0.1) is 16.7 Å². The summed E-state index contributed by atoms with van der Waals surface area (Å²) in [5, 5.41) is 0.742. The molecule has 2 heterocycles. The summed E-state index contributed by atoms with van der Waals surface area (Å²) in [4.78, 5) is 28.8. The molecule has 3 rings (SSSR count). The zero-order valence-corrected chi connectivity index (χ0v) is 16.2. The van der Waals surface area contributed by atoms with Gasteiger partial charge in [-0.1, -0.05) is 18.2 Å². The Balaban J connectivity index is 1.55. The van der Waals surface area contributed by atoms with Crippen LogP contribution in [0.3, 0.4) is 0 Å². The van der Waals surface area contributed by atoms with Crippen LogP contribution in [0.15, 0.2) is 42.6 Å². The van der Waals surface area contributed by atoms with E-state index in [0.29, 0.717) is 16.9 Å². The highest BCUT2D eigenvalue weighted by atomic mass is 32.2. The van der Waals surface area contributed by atoms with Crippen molar-refractivity contribution in [3.63, 3.8) is 0 Å². The summed E-state index contributed by atoms with van der Waals surface area (Å²) in [5.74, 6) is -0.856. The zero-order chi connectivity index (χ0) is 19.4. The fourth-order valence-electron chi connectivity index (χ4n) is 2.54. The summed E-state index contributed by atoms with van der Waals surface area (Å²) < 4.78 is 29.7. The third kappa shape index (κ3) is 5.03. The Kier molecular flexibility index (Phi) is 5.73. The molecule has 0 aliphatic rings. The fourth-order valence-corrected chi connectivity index (χ4v) is 3.95. The van der Waals surface area contributed by atoms with E-state index in [-0.39, 0.29) is 18.9 Å². The minimum absolute atomic E-state index is 0.266. The van der Waals surface area contributed by atoms with Gasteiger partial charge in [0.2, 0.25) is 15.8 Å². The predicted molar refractivity (Wildman–Crippen MR) is 104 cm³/mol. The summed E-state index contributed by atoms with van der Waals surface area (Å²) in [6.45, 7) is -0.0809. The predicted octanol–water partition coefficient (Wildman–Crippen LogP) is 2.36. The summed E-state index contributed by atoms with van der Waals surface area (Å²) >= 11 is 1.26. The van der Waals surface area contributed by atoms with E-state index in [4.69, 9.17) is 4.74 Å². The molecule has 9 heteroatoms. The molecule has 0 unspecified atom stereocenters. The number of carbonyl (C=O) groups is 2. The Bertz CT molecular complexity index is 1080. The molecule has 3 aromatic rings. The smallest absolute Gasteiger partial charge is 0.340 e. The molecule has 0 saturated carbocycles. The molecule has 0 bridgehead atoms. The van der Waals surface area contributed by atoms with Crippen LogP contribution in [0, 0.1) is 0 Å². The third-order valence-electron chi connectivity index (χ3n) is 3.82. The number of ether oxygens (including phenoxy) is 1. The van der Waals surface area contributed by atoms with Crippen LogP contribution in [0.1, 0.15) is 24.9 Å². The quantitative estimate of drug-likeness (QED) is 0.441. The minimum Gasteiger partial charge on any atom is -0.454 e. The number of H-pyrrole nitrogens is 1. The van der Waals surface area contributed by atoms with E-state index in [0.717, 1.165) is 22.0 Å². The number of ketones is 1. The zero-order valence-electron chi connectivity index (χ0n) is 14.5. The molecule has 7 nitrogen and oxygen atoms in total. The number of benzene rings is 1. The van der Waals surface area contributed by atoms with E-state index in [1.54, 1.807) is 24.4 Å². The number of esters is 1. The van der Waals surface area contributed by atoms with E-state index < -0.39 is 16.0 Å². The normalized spacial score (nSPS) is 11.6. The van der Waals surface area contributed by atoms with Crippen molar-refractivity contribution >= 4 is 44.0 Å². The van der Waals surface area contributed by atoms with Crippen molar-refractivity contribution in [2.24, 2.45) is 0 Å². The maximum atomic E-state index is 12.2. The second kappa shape index (κ2) is 8.03. The number of thiophene rings is 1. The second-order valence-corrected chi connectivity index (χ2v) is 8.93. The number of aromatic amines is 1. The first-order valence-electron chi connectivity index (χ1n) is 8.13. The largest absolute Gasteiger partial charge is 0.454 e. The average Bonchev–Trinajstić information content (AvgIpc) is 3.25. The van der Waals surface area contributed by atoms with Crippen LogP contribution in [-0.4, -0.2) is 44.6 Å². The van der Waals surface area contributed by atoms with Crippen LogP contribution in [0.4, 0.5) is 0 Å². The highest BCUT2D eigenvalue weighted by molar-refractivity contribution is 7.88. The van der Waals surface area contributed by atoms with Gasteiger partial charge in [0.25, 0.3) is 0 Å². The third-order valence-corrected chi connectivity index (χ3v) is 5.73. The number of nitrogens with one attached hydrogen (secondary N) is 2. The van der Waals surface area contributed by atoms with Crippen LogP contribution in [0.2, 0.25) is 0 Å². The number of rotatable bonds is 8. The number of hydrogen-bond donors (Lipinski definition) is 2. The molecule has 0 amide bonds. The SMILES string of the molecule is CS(=O)(=O)NCCc1ccc(C(=O)COC(=O)c2c[nH]c3ccccc23)s1. The highest BCUT2D eigenvalue weighted by Gasteiger charge is 2.16. The molecule has 142 valence electrons. The van der Waals surface area contributed by atoms with Gasteiger partial charge in [-0.05, 0) is 24.6 Å². The molecule has 1 aromatic carbocycles. The highest BCUT2D eigenvalue weighted by Crippen LogP contribution is 2.20. The van der Waals surface area contributed by atoms with Crippen LogP contribution in [-0.2, 0) is 21.2 Å². The van der Waals surface area contributed by atoms with Crippen molar-refractivity contribution in [2.75, 3.05) is 19.4 Å². The van der Waals surface area contributed by atoms with Crippen LogP contribution in [0.25, 0.3) is 10.9 Å². The summed E-state index contributed by atoms with van der Waals surface area (Å²) in [5.41, 5.74) is 1.21. The number of aromatic nitrogens is 1. The number of hydrogen-bond acceptors (Lipinski definition) is 6. The molecule has 0 atom stereocenters. The summed E-state index contributed by atoms with van der Waals surface area (Å²) in [6.07, 6.45) is 3.15. The average molecular weight is 406 g/mol. The lowest BCUT2D eigenvalue weighted by atomic mass is 10.2. The first kappa shape index (κ1) is 19.3. The number of sulfonamides is 1. The topological polar surface area (TPSA) is 105 Å². The number of para-hydroxylation sites is 1. The number of fused-ring (bicyclic) bond motifs is 1. The maximum Gasteiger partial charge on any atom is 0.340 e. The lowest BCUT2D eigenvalue weighted by Gasteiger charge is -2.02. The van der Waals surface area contributed by atoms with E-state index in [1.165, 1.54) is 11.3 Å². The Morgan fingerprint density at radius 2 is 1.96 bits per heavy atom. The van der Waals surface area contributed by atoms with Crippen LogP contribution < -0.4 is 4.72 Å². The van der Waals surface area contributed by atoms with Gasteiger partial charge in [-0.2, -0.15) is 0 Å². The standard InChI is InChI=1S/C18H18N2O5S2/c1-27(23,24)20-9-8-12-6-7-17(26-12)16(21)11-25-18(22)14-10-19-15-5-3-2-4-13(14)15/h2-7,10,19-20H,8-9,11H2,1H3. The molecule has 0 aliphatic heterocycles. The van der Waals surface area contributed by atoms with E-state index >= 15 is 0 Å². The monoisotopic (exact) mass is 406 g/mol. The van der Waals surface area contributed by atoms with E-state index in [9.17, 15) is 18.0 Å². The van der Waals surface area contributed by atoms with Gasteiger partial charge >= 0.3 is 5.97 Å². The molecular formula is C18H18N2O5S2. The Morgan fingerprint density at radius 3 is 2.74 bits per heavy atom. The van der Waals surface area contributed by atoms with Crippen LogP contribution >= 0.6 is 11.3 Å². The second-order valence-electron chi connectivity index (χ2n) is 5.93. The first-order chi connectivity index (χ1) is 12.8. The minimum atomic E-state index is -3.23. The Labute approximate surface area is 160 Å². The van der Waals surface area contributed by atoms with Crippen molar-refractivity contribution in [3.8, 4) is 0 Å². The van der Waals surface area contributed by atoms with E-state index in [1.807, 2.05) is 18.2 Å². The van der Waals surface area contributed by atoms with Gasteiger partial charge in [-0.15, -0.1) is 11.3 Å². The summed E-state index contributed by atoms with van der Waals surface area (Å²) in [6, 6.07) is 10.8. The molecule has 27 heavy (non-hydrogen) atoms. The van der Waals surface area contributed by atoms with Crippen LogP contribution in [0.5, 0.6) is 0 Å². The molecular weight excluding hydrogens is 388 g/mol. The van der Waals surface area contributed by atoms with Gasteiger partial charge in [0, 0.05) is 28.5 Å². The van der Waals surface area contributed by atoms with Crippen molar-refractivity contribution in [2.45, 2.75) is 6.42 Å². The summed E-state index contributed by atoms with van der Waals surface area (Å²) in [7, 11) is -3.23. The van der Waals surface area contributed by atoms with E-state index in [2.05, 4.69) is 9.71 Å². The molecule has 0 aliphatic carbocycles. The lowest BCUT2D eigenvalue weighted by Crippen LogP contribution is -2.24. The van der Waals surface area contributed by atoms with Gasteiger partial charge in [0.1, 0.15) is 0 Å². The molecule has 0 spiro atoms. The molecule has 0 saturated heterocycles. The lowest BCUT2D eigenvalue weighted by molar-refractivity contribution is 0.0478. The molecule has 0 radical (unpaired) electrons. The fraction of sp³-hybridized carbons (Fsp3) is 0.222. The van der Waals surface area contributed by atoms with Crippen molar-refractivity contribution in [3.05, 3.63) is 57.9 Å². The number of carbonyl (C=O) groups excluding carboxylic acids is 2. The molecule has 0 fully saturated rings. The van der Waals surface area contributed by atoms with Crippen molar-refractivity contribution in [1.29, 1.82) is 0 Å². The molecule has 2 aromatic heterocycles. The van der Waals surface area contributed by atoms with Gasteiger partial charge < -0.3 is 9.72 Å².